The highest BCUT2D eigenvalue weighted by Crippen LogP contribution is 2.07. The average Bonchev–Trinajstić information content (AvgIpc) is 2.09. The second-order valence-corrected chi connectivity index (χ2v) is 2.59. The van der Waals surface area contributed by atoms with Gasteiger partial charge >= 0.3 is 0 Å². The Morgan fingerprint density at radius 3 is 2.92 bits per heavy atom. The van der Waals surface area contributed by atoms with Gasteiger partial charge in [0, 0.05) is 12.2 Å². The smallest absolute Gasteiger partial charge is 0.137 e. The molecule has 1 aromatic rings. The molecular formula is C9H14N2O. The van der Waals surface area contributed by atoms with Crippen molar-refractivity contribution < 1.29 is 4.74 Å². The van der Waals surface area contributed by atoms with Crippen molar-refractivity contribution in [1.82, 2.24) is 10.3 Å². The van der Waals surface area contributed by atoms with Crippen LogP contribution in [-0.2, 0) is 0 Å². The zero-order chi connectivity index (χ0) is 8.81. The predicted octanol–water partition coefficient (Wildman–Crippen LogP) is 0.988. The van der Waals surface area contributed by atoms with Gasteiger partial charge in [0.15, 0.2) is 0 Å². The quantitative estimate of drug-likeness (QED) is 0.677. The monoisotopic (exact) mass is 166 g/mol. The summed E-state index contributed by atoms with van der Waals surface area (Å²) in [5, 5.41) is 3.00. The Morgan fingerprint density at radius 2 is 2.33 bits per heavy atom. The molecule has 0 unspecified atom stereocenters. The highest BCUT2D eigenvalue weighted by atomic mass is 16.5. The summed E-state index contributed by atoms with van der Waals surface area (Å²) in [6.07, 6.45) is 1.74. The van der Waals surface area contributed by atoms with Gasteiger partial charge in [-0.25, -0.2) is 0 Å². The summed E-state index contributed by atoms with van der Waals surface area (Å²) < 4.78 is 5.38. The van der Waals surface area contributed by atoms with E-state index in [1.165, 1.54) is 0 Å². The van der Waals surface area contributed by atoms with Crippen LogP contribution >= 0.6 is 0 Å². The number of nitrogens with zero attached hydrogens (tertiary/aromatic N) is 1. The first-order chi connectivity index (χ1) is 5.83. The van der Waals surface area contributed by atoms with Crippen molar-refractivity contribution in [3.8, 4) is 5.75 Å². The fourth-order valence-corrected chi connectivity index (χ4v) is 0.811. The van der Waals surface area contributed by atoms with E-state index in [0.29, 0.717) is 6.61 Å². The summed E-state index contributed by atoms with van der Waals surface area (Å²) in [7, 11) is 1.90. The third-order valence-corrected chi connectivity index (χ3v) is 1.51. The minimum Gasteiger partial charge on any atom is -0.491 e. The van der Waals surface area contributed by atoms with Crippen molar-refractivity contribution in [3.05, 3.63) is 24.0 Å². The van der Waals surface area contributed by atoms with Crippen molar-refractivity contribution in [3.63, 3.8) is 0 Å². The number of rotatable bonds is 4. The predicted molar refractivity (Wildman–Crippen MR) is 48.4 cm³/mol. The molecular weight excluding hydrogens is 152 g/mol. The van der Waals surface area contributed by atoms with Crippen LogP contribution in [0.5, 0.6) is 5.75 Å². The third kappa shape index (κ3) is 2.88. The lowest BCUT2D eigenvalue weighted by molar-refractivity contribution is 0.317. The van der Waals surface area contributed by atoms with E-state index in [1.54, 1.807) is 6.20 Å². The molecule has 0 aliphatic carbocycles. The molecule has 0 bridgehead atoms. The Bertz CT molecular complexity index is 220. The van der Waals surface area contributed by atoms with Gasteiger partial charge in [-0.3, -0.25) is 4.98 Å². The molecule has 0 atom stereocenters. The Hall–Kier alpha value is -1.09. The molecule has 3 heteroatoms. The number of hydrogen-bond acceptors (Lipinski definition) is 3. The number of aromatic nitrogens is 1. The molecule has 0 saturated heterocycles. The summed E-state index contributed by atoms with van der Waals surface area (Å²) in [5.74, 6) is 0.829. The first-order valence-electron chi connectivity index (χ1n) is 4.03. The number of pyridine rings is 1. The van der Waals surface area contributed by atoms with E-state index < -0.39 is 0 Å². The van der Waals surface area contributed by atoms with Gasteiger partial charge in [-0.05, 0) is 26.1 Å². The number of likely N-dealkylation sites (N-methyl/N-ethyl adjacent to an activating group) is 1. The summed E-state index contributed by atoms with van der Waals surface area (Å²) in [6.45, 7) is 3.49. The van der Waals surface area contributed by atoms with Crippen molar-refractivity contribution >= 4 is 0 Å². The molecule has 12 heavy (non-hydrogen) atoms. The van der Waals surface area contributed by atoms with Crippen LogP contribution in [0.2, 0.25) is 0 Å². The number of nitrogens with one attached hydrogen (secondary N) is 1. The molecule has 0 aliphatic heterocycles. The van der Waals surface area contributed by atoms with E-state index in [4.69, 9.17) is 4.74 Å². The molecule has 1 rings (SSSR count). The van der Waals surface area contributed by atoms with E-state index >= 15 is 0 Å². The molecule has 0 aliphatic rings. The Balaban J connectivity index is 2.37. The highest BCUT2D eigenvalue weighted by molar-refractivity contribution is 5.18. The summed E-state index contributed by atoms with van der Waals surface area (Å²) in [6, 6.07) is 3.87. The standard InChI is InChI=1S/C9H14N2O/c1-8-3-4-9(7-11-8)12-6-5-10-2/h3-4,7,10H,5-6H2,1-2H3. The first kappa shape index (κ1) is 9.00. The molecule has 3 nitrogen and oxygen atoms in total. The normalized spacial score (nSPS) is 9.83. The Labute approximate surface area is 72.8 Å². The highest BCUT2D eigenvalue weighted by Gasteiger charge is 1.91. The largest absolute Gasteiger partial charge is 0.491 e. The lowest BCUT2D eigenvalue weighted by atomic mass is 10.4. The van der Waals surface area contributed by atoms with Crippen molar-refractivity contribution in [2.45, 2.75) is 6.92 Å². The number of hydrogen-bond donors (Lipinski definition) is 1. The lowest BCUT2D eigenvalue weighted by Gasteiger charge is -2.04. The van der Waals surface area contributed by atoms with Crippen LogP contribution in [-0.4, -0.2) is 25.2 Å². The van der Waals surface area contributed by atoms with Gasteiger partial charge in [0.05, 0.1) is 6.20 Å². The van der Waals surface area contributed by atoms with Crippen LogP contribution in [0.15, 0.2) is 18.3 Å². The molecule has 0 saturated carbocycles. The SMILES string of the molecule is CNCCOc1ccc(C)nc1. The zero-order valence-electron chi connectivity index (χ0n) is 7.50. The topological polar surface area (TPSA) is 34.1 Å². The second-order valence-electron chi connectivity index (χ2n) is 2.59. The third-order valence-electron chi connectivity index (χ3n) is 1.51. The summed E-state index contributed by atoms with van der Waals surface area (Å²) in [4.78, 5) is 4.11. The molecule has 1 heterocycles. The van der Waals surface area contributed by atoms with Gasteiger partial charge in [0.2, 0.25) is 0 Å². The minimum absolute atomic E-state index is 0.682. The van der Waals surface area contributed by atoms with Crippen LogP contribution in [0.1, 0.15) is 5.69 Å². The molecule has 0 aromatic carbocycles. The molecule has 0 amide bonds. The number of aryl methyl sites for hydroxylation is 1. The van der Waals surface area contributed by atoms with Gasteiger partial charge in [0.25, 0.3) is 0 Å². The minimum atomic E-state index is 0.682. The average molecular weight is 166 g/mol. The van der Waals surface area contributed by atoms with Gasteiger partial charge < -0.3 is 10.1 Å². The molecule has 0 spiro atoms. The molecule has 1 N–H and O–H groups in total. The fraction of sp³-hybridized carbons (Fsp3) is 0.444. The lowest BCUT2D eigenvalue weighted by Crippen LogP contribution is -2.15. The fourth-order valence-electron chi connectivity index (χ4n) is 0.811. The van der Waals surface area contributed by atoms with Crippen molar-refractivity contribution in [2.24, 2.45) is 0 Å². The maximum Gasteiger partial charge on any atom is 0.137 e. The van der Waals surface area contributed by atoms with E-state index in [-0.39, 0.29) is 0 Å². The molecule has 66 valence electrons. The van der Waals surface area contributed by atoms with Crippen LogP contribution in [0, 0.1) is 6.92 Å². The van der Waals surface area contributed by atoms with Crippen molar-refractivity contribution in [2.75, 3.05) is 20.2 Å². The van der Waals surface area contributed by atoms with E-state index in [2.05, 4.69) is 10.3 Å². The Kier molecular flexibility index (Phi) is 3.54. The van der Waals surface area contributed by atoms with Gasteiger partial charge in [-0.15, -0.1) is 0 Å². The molecule has 1 aromatic heterocycles. The van der Waals surface area contributed by atoms with E-state index in [1.807, 2.05) is 26.1 Å². The number of ether oxygens (including phenoxy) is 1. The van der Waals surface area contributed by atoms with E-state index in [0.717, 1.165) is 18.0 Å². The van der Waals surface area contributed by atoms with Gasteiger partial charge in [0.1, 0.15) is 12.4 Å². The summed E-state index contributed by atoms with van der Waals surface area (Å²) in [5.41, 5.74) is 1.01. The van der Waals surface area contributed by atoms with Crippen LogP contribution < -0.4 is 10.1 Å². The first-order valence-corrected chi connectivity index (χ1v) is 4.03. The van der Waals surface area contributed by atoms with E-state index in [9.17, 15) is 0 Å². The zero-order valence-corrected chi connectivity index (χ0v) is 7.50. The Morgan fingerprint density at radius 1 is 1.50 bits per heavy atom. The summed E-state index contributed by atoms with van der Waals surface area (Å²) >= 11 is 0. The maximum absolute atomic E-state index is 5.38. The van der Waals surface area contributed by atoms with Crippen molar-refractivity contribution in [1.29, 1.82) is 0 Å². The van der Waals surface area contributed by atoms with Gasteiger partial charge in [-0.1, -0.05) is 0 Å². The maximum atomic E-state index is 5.38. The molecule has 0 fully saturated rings. The molecule has 0 radical (unpaired) electrons. The van der Waals surface area contributed by atoms with Crippen LogP contribution in [0.3, 0.4) is 0 Å². The van der Waals surface area contributed by atoms with Crippen LogP contribution in [0.4, 0.5) is 0 Å². The second kappa shape index (κ2) is 4.72. The van der Waals surface area contributed by atoms with Gasteiger partial charge in [-0.2, -0.15) is 0 Å². The van der Waals surface area contributed by atoms with Crippen LogP contribution in [0.25, 0.3) is 0 Å².